The third kappa shape index (κ3) is 2.86. The smallest absolute Gasteiger partial charge is 0.222 e. The van der Waals surface area contributed by atoms with Gasteiger partial charge in [0.25, 0.3) is 0 Å². The molecule has 0 N–H and O–H groups in total. The molecule has 3 aromatic rings. The van der Waals surface area contributed by atoms with E-state index < -0.39 is 0 Å². The van der Waals surface area contributed by atoms with Crippen LogP contribution < -0.4 is 4.74 Å². The van der Waals surface area contributed by atoms with Crippen LogP contribution in [0.5, 0.6) is 5.88 Å². The van der Waals surface area contributed by atoms with Crippen LogP contribution in [0.3, 0.4) is 0 Å². The Morgan fingerprint density at radius 2 is 1.92 bits per heavy atom. The maximum Gasteiger partial charge on any atom is 0.222 e. The summed E-state index contributed by atoms with van der Waals surface area (Å²) in [6.07, 6.45) is 5.96. The molecule has 0 aliphatic heterocycles. The van der Waals surface area contributed by atoms with Gasteiger partial charge >= 0.3 is 0 Å². The number of rotatable bonds is 6. The molecule has 0 spiro atoms. The fourth-order valence-corrected chi connectivity index (χ4v) is 3.07. The Balaban J connectivity index is 2.12. The molecule has 3 rings (SSSR count). The number of aryl methyl sites for hydroxylation is 1. The molecule has 0 aliphatic carbocycles. The van der Waals surface area contributed by atoms with Crippen LogP contribution in [0.2, 0.25) is 0 Å². The van der Waals surface area contributed by atoms with Crippen molar-refractivity contribution < 1.29 is 4.74 Å². The number of hydrogen-bond donors (Lipinski definition) is 0. The lowest BCUT2D eigenvalue weighted by molar-refractivity contribution is 0.328. The van der Waals surface area contributed by atoms with Crippen LogP contribution in [0.25, 0.3) is 16.9 Å². The van der Waals surface area contributed by atoms with Crippen molar-refractivity contribution >= 4 is 5.65 Å². The molecule has 0 bridgehead atoms. The van der Waals surface area contributed by atoms with Crippen molar-refractivity contribution in [3.63, 3.8) is 0 Å². The molecule has 3 heterocycles. The van der Waals surface area contributed by atoms with Crippen molar-refractivity contribution in [3.05, 3.63) is 42.1 Å². The molecule has 0 saturated carbocycles. The van der Waals surface area contributed by atoms with E-state index in [1.165, 1.54) is 0 Å². The maximum atomic E-state index is 5.64. The number of fused-ring (bicyclic) bond motifs is 1. The number of imidazole rings is 1. The molecule has 24 heavy (non-hydrogen) atoms. The Morgan fingerprint density at radius 3 is 2.62 bits per heavy atom. The van der Waals surface area contributed by atoms with Gasteiger partial charge < -0.3 is 4.74 Å². The average molecular weight is 324 g/mol. The van der Waals surface area contributed by atoms with Crippen LogP contribution in [-0.2, 0) is 0 Å². The highest BCUT2D eigenvalue weighted by Gasteiger charge is 2.18. The Labute approximate surface area is 142 Å². The van der Waals surface area contributed by atoms with E-state index in [0.717, 1.165) is 41.3 Å². The lowest BCUT2D eigenvalue weighted by Crippen LogP contribution is -2.03. The minimum absolute atomic E-state index is 0.455. The topological polar surface area (TPSA) is 52.3 Å². The van der Waals surface area contributed by atoms with Crippen LogP contribution in [0.1, 0.15) is 51.0 Å². The van der Waals surface area contributed by atoms with E-state index in [9.17, 15) is 0 Å². The zero-order valence-corrected chi connectivity index (χ0v) is 14.8. The first kappa shape index (κ1) is 16.4. The van der Waals surface area contributed by atoms with Gasteiger partial charge in [-0.1, -0.05) is 13.8 Å². The zero-order chi connectivity index (χ0) is 17.1. The van der Waals surface area contributed by atoms with Crippen LogP contribution in [0.4, 0.5) is 0 Å². The second kappa shape index (κ2) is 6.99. The number of pyridine rings is 1. The summed E-state index contributed by atoms with van der Waals surface area (Å²) in [7, 11) is 0. The first-order chi connectivity index (χ1) is 11.7. The van der Waals surface area contributed by atoms with Gasteiger partial charge in [0.05, 0.1) is 23.6 Å². The highest BCUT2D eigenvalue weighted by molar-refractivity contribution is 5.67. The van der Waals surface area contributed by atoms with E-state index >= 15 is 0 Å². The molecule has 0 atom stereocenters. The fourth-order valence-electron chi connectivity index (χ4n) is 3.07. The van der Waals surface area contributed by atoms with Gasteiger partial charge in [-0.25, -0.2) is 15.0 Å². The van der Waals surface area contributed by atoms with Gasteiger partial charge in [-0.05, 0) is 44.9 Å². The summed E-state index contributed by atoms with van der Waals surface area (Å²) < 4.78 is 7.76. The van der Waals surface area contributed by atoms with Crippen molar-refractivity contribution in [1.82, 2.24) is 19.4 Å². The molecule has 0 fully saturated rings. The standard InChI is InChI=1S/C19H24N4O/c1-5-14(6-2)18-21-13(4)17-22-16(10-12-23(17)18)15-9-8-11-20-19(15)24-7-3/h8-12,14H,5-7H2,1-4H3. The quantitative estimate of drug-likeness (QED) is 0.674. The van der Waals surface area contributed by atoms with Crippen LogP contribution >= 0.6 is 0 Å². The zero-order valence-electron chi connectivity index (χ0n) is 14.8. The monoisotopic (exact) mass is 324 g/mol. The van der Waals surface area contributed by atoms with Crippen molar-refractivity contribution in [2.24, 2.45) is 0 Å². The number of ether oxygens (including phenoxy) is 1. The third-order valence-electron chi connectivity index (χ3n) is 4.37. The molecular formula is C19H24N4O. The van der Waals surface area contributed by atoms with Crippen molar-refractivity contribution in [2.45, 2.75) is 46.5 Å². The van der Waals surface area contributed by atoms with E-state index in [2.05, 4.69) is 29.4 Å². The summed E-state index contributed by atoms with van der Waals surface area (Å²) >= 11 is 0. The van der Waals surface area contributed by atoms with Crippen LogP contribution in [0.15, 0.2) is 30.6 Å². The normalized spacial score (nSPS) is 11.4. The average Bonchev–Trinajstić information content (AvgIpc) is 2.93. The molecule has 5 heteroatoms. The highest BCUT2D eigenvalue weighted by atomic mass is 16.5. The lowest BCUT2D eigenvalue weighted by Gasteiger charge is -2.12. The summed E-state index contributed by atoms with van der Waals surface area (Å²) in [6.45, 7) is 8.96. The lowest BCUT2D eigenvalue weighted by atomic mass is 10.0. The molecule has 0 radical (unpaired) electrons. The molecule has 0 amide bonds. The third-order valence-corrected chi connectivity index (χ3v) is 4.37. The molecule has 0 saturated heterocycles. The number of nitrogens with zero attached hydrogens (tertiary/aromatic N) is 4. The van der Waals surface area contributed by atoms with Gasteiger partial charge in [-0.2, -0.15) is 0 Å². The number of hydrogen-bond acceptors (Lipinski definition) is 4. The predicted octanol–water partition coefficient (Wildman–Crippen LogP) is 4.40. The molecule has 5 nitrogen and oxygen atoms in total. The maximum absolute atomic E-state index is 5.64. The van der Waals surface area contributed by atoms with E-state index in [1.54, 1.807) is 6.20 Å². The van der Waals surface area contributed by atoms with Crippen molar-refractivity contribution in [3.8, 4) is 17.1 Å². The predicted molar refractivity (Wildman–Crippen MR) is 95.4 cm³/mol. The second-order valence-electron chi connectivity index (χ2n) is 5.86. The van der Waals surface area contributed by atoms with E-state index in [1.807, 2.05) is 32.0 Å². The van der Waals surface area contributed by atoms with E-state index in [0.29, 0.717) is 18.4 Å². The van der Waals surface area contributed by atoms with Gasteiger partial charge in [0.2, 0.25) is 5.88 Å². The summed E-state index contributed by atoms with van der Waals surface area (Å²) in [6, 6.07) is 5.91. The van der Waals surface area contributed by atoms with Gasteiger partial charge in [0, 0.05) is 18.3 Å². The van der Waals surface area contributed by atoms with Crippen LogP contribution in [-0.4, -0.2) is 26.0 Å². The summed E-state index contributed by atoms with van der Waals surface area (Å²) in [4.78, 5) is 13.9. The molecular weight excluding hydrogens is 300 g/mol. The largest absolute Gasteiger partial charge is 0.477 e. The fraction of sp³-hybridized carbons (Fsp3) is 0.421. The van der Waals surface area contributed by atoms with E-state index in [4.69, 9.17) is 14.7 Å². The van der Waals surface area contributed by atoms with Crippen molar-refractivity contribution in [1.29, 1.82) is 0 Å². The first-order valence-electron chi connectivity index (χ1n) is 8.63. The van der Waals surface area contributed by atoms with Gasteiger partial charge in [0.15, 0.2) is 5.65 Å². The molecule has 126 valence electrons. The van der Waals surface area contributed by atoms with Gasteiger partial charge in [-0.3, -0.25) is 4.40 Å². The van der Waals surface area contributed by atoms with Crippen molar-refractivity contribution in [2.75, 3.05) is 6.61 Å². The SMILES string of the molecule is CCOc1ncccc1-c1ccn2c(C(CC)CC)nc(C)c2n1. The van der Waals surface area contributed by atoms with Gasteiger partial charge in [-0.15, -0.1) is 0 Å². The molecule has 3 aromatic heterocycles. The Kier molecular flexibility index (Phi) is 4.79. The van der Waals surface area contributed by atoms with Crippen LogP contribution in [0, 0.1) is 6.92 Å². The summed E-state index contributed by atoms with van der Waals surface area (Å²) in [5, 5.41) is 0. The minimum atomic E-state index is 0.455. The Bertz CT molecular complexity index is 836. The minimum Gasteiger partial charge on any atom is -0.477 e. The Hall–Kier alpha value is -2.43. The first-order valence-corrected chi connectivity index (χ1v) is 8.63. The second-order valence-corrected chi connectivity index (χ2v) is 5.86. The molecule has 0 aromatic carbocycles. The Morgan fingerprint density at radius 1 is 1.12 bits per heavy atom. The highest BCUT2D eigenvalue weighted by Crippen LogP contribution is 2.29. The number of aromatic nitrogens is 4. The molecule has 0 unspecified atom stereocenters. The summed E-state index contributed by atoms with van der Waals surface area (Å²) in [5.41, 5.74) is 3.63. The van der Waals surface area contributed by atoms with Gasteiger partial charge in [0.1, 0.15) is 5.82 Å². The molecule has 0 aliphatic rings. The van der Waals surface area contributed by atoms with E-state index in [-0.39, 0.29) is 0 Å². The summed E-state index contributed by atoms with van der Waals surface area (Å²) in [5.74, 6) is 2.17.